The fourth-order valence-electron chi connectivity index (χ4n) is 0.662. The van der Waals surface area contributed by atoms with Crippen LogP contribution in [0.1, 0.15) is 0 Å². The van der Waals surface area contributed by atoms with Crippen LogP contribution in [0.2, 0.25) is 0 Å². The van der Waals surface area contributed by atoms with Gasteiger partial charge >= 0.3 is 29.6 Å². The Labute approximate surface area is 107 Å². The summed E-state index contributed by atoms with van der Waals surface area (Å²) in [5.41, 5.74) is 0. The summed E-state index contributed by atoms with van der Waals surface area (Å²) in [6.45, 7) is -0.863. The van der Waals surface area contributed by atoms with Crippen LogP contribution in [-0.2, 0) is 4.79 Å². The molecule has 0 unspecified atom stereocenters. The van der Waals surface area contributed by atoms with Gasteiger partial charge in [-0.15, -0.1) is 0 Å². The molecule has 8 nitrogen and oxygen atoms in total. The molecule has 0 spiro atoms. The predicted molar refractivity (Wildman–Crippen MR) is 38.1 cm³/mol. The van der Waals surface area contributed by atoms with Crippen molar-refractivity contribution < 1.29 is 70.5 Å². The second-order valence-corrected chi connectivity index (χ2v) is 2.49. The molecule has 6 N–H and O–H groups in total. The van der Waals surface area contributed by atoms with Gasteiger partial charge in [-0.25, -0.2) is 0 Å². The second-order valence-electron chi connectivity index (χ2n) is 2.49. The summed E-state index contributed by atoms with van der Waals surface area (Å²) in [7, 11) is 0. The van der Waals surface area contributed by atoms with Gasteiger partial charge in [0.2, 0.25) is 0 Å². The van der Waals surface area contributed by atoms with Gasteiger partial charge < -0.3 is 35.4 Å². The van der Waals surface area contributed by atoms with Gasteiger partial charge in [-0.05, 0) is 0 Å². The van der Waals surface area contributed by atoms with Gasteiger partial charge in [0, 0.05) is 0 Å². The van der Waals surface area contributed by atoms with Crippen LogP contribution in [-0.4, -0.2) is 68.0 Å². The summed E-state index contributed by atoms with van der Waals surface area (Å²) in [6, 6.07) is 0. The normalized spacial score (nSPS) is 17.7. The molecule has 15 heavy (non-hydrogen) atoms. The van der Waals surface area contributed by atoms with Crippen molar-refractivity contribution in [3.63, 3.8) is 0 Å². The molecule has 0 heterocycles. The van der Waals surface area contributed by atoms with Crippen LogP contribution in [0.3, 0.4) is 0 Å². The van der Waals surface area contributed by atoms with Gasteiger partial charge in [0.25, 0.3) is 0 Å². The van der Waals surface area contributed by atoms with E-state index in [1.54, 1.807) is 0 Å². The van der Waals surface area contributed by atoms with Crippen LogP contribution in [0, 0.1) is 0 Å². The molecule has 1 radical (unpaired) electrons. The molecule has 0 aromatic carbocycles. The van der Waals surface area contributed by atoms with E-state index in [0.717, 1.165) is 0 Å². The number of carboxylic acids is 1. The topological polar surface area (TPSA) is 171 Å². The maximum Gasteiger partial charge on any atom is 1.00 e. The van der Waals surface area contributed by atoms with Crippen molar-refractivity contribution in [2.75, 3.05) is 6.61 Å². The fourth-order valence-corrected chi connectivity index (χ4v) is 0.662. The number of aliphatic carboxylic acids is 1. The number of hydrogen-bond donors (Lipinski definition) is 6. The van der Waals surface area contributed by atoms with E-state index in [1.165, 1.54) is 0 Å². The maximum atomic E-state index is 9.98. The van der Waals surface area contributed by atoms with Crippen LogP contribution in [0.4, 0.5) is 0 Å². The summed E-state index contributed by atoms with van der Waals surface area (Å²) in [5.74, 6) is -1.98. The van der Waals surface area contributed by atoms with Gasteiger partial charge in [0.05, 0.1) is 12.6 Å². The second kappa shape index (κ2) is 9.46. The minimum absolute atomic E-state index is 0. The molecule has 0 saturated carbocycles. The number of aliphatic hydroxyl groups is 5. The number of aliphatic hydroxyl groups excluding tert-OH is 5. The molecule has 85 valence electrons. The molecule has 0 bridgehead atoms. The first-order valence-electron chi connectivity index (χ1n) is 3.45. The number of rotatable bonds is 5. The first-order chi connectivity index (χ1) is 5.91. The van der Waals surface area contributed by atoms with Crippen LogP contribution in [0.25, 0.3) is 0 Å². The van der Waals surface area contributed by atoms with E-state index in [9.17, 15) is 9.90 Å². The summed E-state index contributed by atoms with van der Waals surface area (Å²) in [6.07, 6.45) is -8.08. The molecule has 0 aromatic heterocycles. The Kier molecular flexibility index (Phi) is 13.0. The van der Waals surface area contributed by atoms with Crippen molar-refractivity contribution in [3.8, 4) is 0 Å². The Balaban J connectivity index is -0.000000720. The Morgan fingerprint density at radius 3 is 1.80 bits per heavy atom. The van der Waals surface area contributed by atoms with E-state index >= 15 is 0 Å². The molecule has 4 atom stereocenters. The Hall–Kier alpha value is 0.230. The van der Waals surface area contributed by atoms with Gasteiger partial charge in [-0.3, -0.25) is 5.48 Å². The van der Waals surface area contributed by atoms with E-state index < -0.39 is 37.0 Å². The molecule has 0 aliphatic heterocycles. The summed E-state index contributed by atoms with van der Waals surface area (Å²) < 4.78 is 0. The summed E-state index contributed by atoms with van der Waals surface area (Å²) in [5, 5.41) is 53.4. The van der Waals surface area contributed by atoms with Gasteiger partial charge in [0.15, 0.2) is 0 Å². The van der Waals surface area contributed by atoms with E-state index in [0.29, 0.717) is 0 Å². The molecule has 0 fully saturated rings. The molecular weight excluding hydrogens is 223 g/mol. The molecule has 0 amide bonds. The quantitative estimate of drug-likeness (QED) is 0.257. The third-order valence-electron chi connectivity index (χ3n) is 1.50. The van der Waals surface area contributed by atoms with Crippen molar-refractivity contribution in [1.29, 1.82) is 0 Å². The number of hydrogen-bond acceptors (Lipinski definition) is 7. The van der Waals surface area contributed by atoms with Crippen LogP contribution in [0.5, 0.6) is 0 Å². The molecule has 0 rings (SSSR count). The van der Waals surface area contributed by atoms with E-state index in [1.807, 2.05) is 0 Å². The number of carboxylic acid groups (broad SMARTS) is 1. The van der Waals surface area contributed by atoms with E-state index in [2.05, 4.69) is 0 Å². The largest absolute Gasteiger partial charge is 1.00 e. The molecular formula is C6H12NaO8. The average molecular weight is 235 g/mol. The molecule has 0 aliphatic carbocycles. The molecule has 0 saturated heterocycles. The van der Waals surface area contributed by atoms with Gasteiger partial charge in [0.1, 0.15) is 24.4 Å². The predicted octanol–water partition coefficient (Wildman–Crippen LogP) is -8.00. The Morgan fingerprint density at radius 1 is 1.13 bits per heavy atom. The van der Waals surface area contributed by atoms with Gasteiger partial charge in [-0.2, -0.15) is 0 Å². The maximum absolute atomic E-state index is 9.98. The molecule has 9 heteroatoms. The zero-order valence-electron chi connectivity index (χ0n) is 8.02. The fraction of sp³-hybridized carbons (Fsp3) is 0.833. The van der Waals surface area contributed by atoms with Crippen LogP contribution >= 0.6 is 0 Å². The van der Waals surface area contributed by atoms with Crippen LogP contribution < -0.4 is 34.7 Å². The van der Waals surface area contributed by atoms with Gasteiger partial charge in [-0.1, -0.05) is 0 Å². The van der Waals surface area contributed by atoms with Crippen molar-refractivity contribution in [2.45, 2.75) is 24.4 Å². The zero-order valence-corrected chi connectivity index (χ0v) is 10.0. The number of carbonyl (C=O) groups is 1. The first-order valence-corrected chi connectivity index (χ1v) is 3.45. The third kappa shape index (κ3) is 6.40. The molecule has 0 aliphatic rings. The molecule has 0 aromatic rings. The first kappa shape index (κ1) is 20.6. The Bertz CT molecular complexity index is 177. The summed E-state index contributed by atoms with van der Waals surface area (Å²) in [4.78, 5) is 9.98. The van der Waals surface area contributed by atoms with E-state index in [-0.39, 0.29) is 35.0 Å². The monoisotopic (exact) mass is 235 g/mol. The van der Waals surface area contributed by atoms with Crippen molar-refractivity contribution in [2.24, 2.45) is 0 Å². The number of carbonyl (C=O) groups excluding carboxylic acids is 1. The van der Waals surface area contributed by atoms with E-state index in [4.69, 9.17) is 25.5 Å². The van der Waals surface area contributed by atoms with Crippen molar-refractivity contribution in [3.05, 3.63) is 0 Å². The van der Waals surface area contributed by atoms with Crippen molar-refractivity contribution >= 4 is 5.97 Å². The SMILES string of the molecule is O=C([O-])[C@H](O)[C@@H](O)[C@H](O)[C@H](O)CO.[Na+].[OH]. The smallest absolute Gasteiger partial charge is 0.547 e. The Morgan fingerprint density at radius 2 is 1.53 bits per heavy atom. The summed E-state index contributed by atoms with van der Waals surface area (Å²) >= 11 is 0. The third-order valence-corrected chi connectivity index (χ3v) is 1.50. The van der Waals surface area contributed by atoms with Crippen molar-refractivity contribution in [1.82, 2.24) is 0 Å². The van der Waals surface area contributed by atoms with Crippen LogP contribution in [0.15, 0.2) is 0 Å². The standard InChI is InChI=1S/C6H12O7.Na.HO/c7-1-2(8)3(9)4(10)5(11)6(12)13;;/h2-5,7-11H,1H2,(H,12,13);;1H/q;+1;/p-1/t2-,3-,4+,5-;;/m1../s1. The average Bonchev–Trinajstić information content (AvgIpc) is 2.12. The minimum atomic E-state index is -2.31. The zero-order chi connectivity index (χ0) is 10.6. The minimum Gasteiger partial charge on any atom is -0.547 e.